The number of carboxylic acid groups (broad SMARTS) is 1. The molecule has 8 nitrogen and oxygen atoms in total. The molecule has 7 N–H and O–H groups in total. The molecule has 0 heterocycles. The average molecular weight is 362 g/mol. The number of nitrogens with two attached hydrogens (primary N) is 2. The van der Waals surface area contributed by atoms with Gasteiger partial charge in [0.1, 0.15) is 12.1 Å². The number of hydrogen-bond acceptors (Lipinski definition) is 6. The van der Waals surface area contributed by atoms with Crippen molar-refractivity contribution in [1.29, 1.82) is 0 Å². The Morgan fingerprint density at radius 1 is 1.08 bits per heavy atom. The summed E-state index contributed by atoms with van der Waals surface area (Å²) in [6.07, 6.45) is 2.26. The zero-order valence-corrected chi connectivity index (χ0v) is 15.2. The van der Waals surface area contributed by atoms with Gasteiger partial charge in [-0.05, 0) is 31.7 Å². The second-order valence-corrected chi connectivity index (χ2v) is 6.53. The summed E-state index contributed by atoms with van der Waals surface area (Å²) in [5.41, 5.74) is 11.2. The molecule has 0 unspecified atom stereocenters. The third-order valence-corrected chi connectivity index (χ3v) is 3.81. The average Bonchev–Trinajstić information content (AvgIpc) is 2.50. The molecule has 0 spiro atoms. The molecule has 0 saturated carbocycles. The van der Waals surface area contributed by atoms with Crippen molar-refractivity contribution in [3.05, 3.63) is 0 Å². The van der Waals surface area contributed by atoms with Crippen LogP contribution in [0.3, 0.4) is 0 Å². The lowest BCUT2D eigenvalue weighted by Crippen LogP contribution is -2.55. The number of carbonyl (C=O) groups excluding carboxylic acids is 2. The highest BCUT2D eigenvalue weighted by molar-refractivity contribution is 7.80. The molecule has 0 aliphatic rings. The molecule has 0 saturated heterocycles. The molecule has 0 bridgehead atoms. The van der Waals surface area contributed by atoms with Gasteiger partial charge >= 0.3 is 5.97 Å². The minimum Gasteiger partial charge on any atom is -0.480 e. The highest BCUT2D eigenvalue weighted by atomic mass is 32.1. The minimum absolute atomic E-state index is 0.0428. The molecule has 0 aromatic heterocycles. The molecule has 140 valence electrons. The number of hydrogen-bond donors (Lipinski definition) is 6. The molecule has 9 heteroatoms. The van der Waals surface area contributed by atoms with Crippen LogP contribution in [-0.2, 0) is 14.4 Å². The normalized spacial score (nSPS) is 14.8. The number of unbranched alkanes of at least 4 members (excludes halogenated alkanes) is 1. The highest BCUT2D eigenvalue weighted by Gasteiger charge is 2.27. The Morgan fingerprint density at radius 2 is 1.67 bits per heavy atom. The first-order chi connectivity index (χ1) is 11.2. The molecule has 0 aromatic carbocycles. The molecule has 0 rings (SSSR count). The van der Waals surface area contributed by atoms with Crippen LogP contribution in [0.1, 0.15) is 39.5 Å². The van der Waals surface area contributed by atoms with E-state index in [1.807, 2.05) is 13.8 Å². The van der Waals surface area contributed by atoms with E-state index in [9.17, 15) is 14.4 Å². The zero-order chi connectivity index (χ0) is 18.7. The lowest BCUT2D eigenvalue weighted by molar-refractivity contribution is -0.142. The lowest BCUT2D eigenvalue weighted by atomic mass is 10.0. The van der Waals surface area contributed by atoms with Crippen molar-refractivity contribution in [1.82, 2.24) is 10.6 Å². The van der Waals surface area contributed by atoms with Gasteiger partial charge in [-0.15, -0.1) is 0 Å². The first-order valence-electron chi connectivity index (χ1n) is 8.12. The van der Waals surface area contributed by atoms with Crippen LogP contribution in [0.4, 0.5) is 0 Å². The fourth-order valence-corrected chi connectivity index (χ4v) is 2.33. The van der Waals surface area contributed by atoms with E-state index in [1.54, 1.807) is 0 Å². The van der Waals surface area contributed by atoms with Gasteiger partial charge in [-0.3, -0.25) is 9.59 Å². The Bertz CT molecular complexity index is 420. The van der Waals surface area contributed by atoms with Gasteiger partial charge < -0.3 is 27.2 Å². The Morgan fingerprint density at radius 3 is 2.12 bits per heavy atom. The van der Waals surface area contributed by atoms with Crippen LogP contribution in [-0.4, -0.2) is 53.3 Å². The van der Waals surface area contributed by atoms with Crippen molar-refractivity contribution >= 4 is 30.4 Å². The summed E-state index contributed by atoms with van der Waals surface area (Å²) in [4.78, 5) is 35.4. The molecule has 0 aromatic rings. The maximum Gasteiger partial charge on any atom is 0.326 e. The number of rotatable bonds is 12. The predicted octanol–water partition coefficient (Wildman–Crippen LogP) is -0.527. The van der Waals surface area contributed by atoms with Crippen molar-refractivity contribution in [2.24, 2.45) is 17.4 Å². The van der Waals surface area contributed by atoms with Gasteiger partial charge in [-0.25, -0.2) is 4.79 Å². The van der Waals surface area contributed by atoms with Gasteiger partial charge in [0.05, 0.1) is 6.04 Å². The number of carboxylic acids is 1. The van der Waals surface area contributed by atoms with Crippen LogP contribution in [0.15, 0.2) is 0 Å². The maximum absolute atomic E-state index is 12.2. The largest absolute Gasteiger partial charge is 0.480 e. The molecule has 0 fully saturated rings. The van der Waals surface area contributed by atoms with Gasteiger partial charge in [0, 0.05) is 5.75 Å². The van der Waals surface area contributed by atoms with Gasteiger partial charge in [0.25, 0.3) is 0 Å². The topological polar surface area (TPSA) is 148 Å². The molecule has 3 atom stereocenters. The smallest absolute Gasteiger partial charge is 0.326 e. The first kappa shape index (κ1) is 22.7. The standard InChI is InChI=1S/C15H30N4O4S/c1-9(2)7-11(15(22)23)18-14(21)12(8-24)19-13(20)10(17)5-3-4-6-16/h9-12,24H,3-8,16-17H2,1-2H3,(H,18,21)(H,19,20)(H,22,23)/t10-,11-,12-/m0/s1. The Balaban J connectivity index is 4.62. The zero-order valence-electron chi connectivity index (χ0n) is 14.3. The van der Waals surface area contributed by atoms with E-state index in [1.165, 1.54) is 0 Å². The number of thiol groups is 1. The lowest BCUT2D eigenvalue weighted by Gasteiger charge is -2.22. The van der Waals surface area contributed by atoms with E-state index in [0.29, 0.717) is 19.4 Å². The van der Waals surface area contributed by atoms with Crippen LogP contribution < -0.4 is 22.1 Å². The monoisotopic (exact) mass is 362 g/mol. The molecule has 0 radical (unpaired) electrons. The fraction of sp³-hybridized carbons (Fsp3) is 0.800. The van der Waals surface area contributed by atoms with Crippen LogP contribution >= 0.6 is 12.6 Å². The molecule has 24 heavy (non-hydrogen) atoms. The summed E-state index contributed by atoms with van der Waals surface area (Å²) in [6, 6.07) is -2.68. The van der Waals surface area contributed by atoms with Crippen molar-refractivity contribution in [2.75, 3.05) is 12.3 Å². The number of aliphatic carboxylic acids is 1. The Hall–Kier alpha value is -1.32. The summed E-state index contributed by atoms with van der Waals surface area (Å²) in [5, 5.41) is 14.1. The summed E-state index contributed by atoms with van der Waals surface area (Å²) < 4.78 is 0. The number of amides is 2. The van der Waals surface area contributed by atoms with Crippen molar-refractivity contribution in [2.45, 2.75) is 57.7 Å². The van der Waals surface area contributed by atoms with Gasteiger partial charge in [-0.2, -0.15) is 12.6 Å². The predicted molar refractivity (Wildman–Crippen MR) is 95.7 cm³/mol. The van der Waals surface area contributed by atoms with Crippen LogP contribution in [0, 0.1) is 5.92 Å². The summed E-state index contributed by atoms with van der Waals surface area (Å²) in [6.45, 7) is 4.25. The van der Waals surface area contributed by atoms with E-state index >= 15 is 0 Å². The minimum atomic E-state index is -1.11. The molecule has 2 amide bonds. The molecular weight excluding hydrogens is 332 g/mol. The van der Waals surface area contributed by atoms with Crippen LogP contribution in [0.2, 0.25) is 0 Å². The summed E-state index contributed by atoms with van der Waals surface area (Å²) in [7, 11) is 0. The van der Waals surface area contributed by atoms with E-state index < -0.39 is 35.9 Å². The molecule has 0 aliphatic carbocycles. The quantitative estimate of drug-likeness (QED) is 0.203. The first-order valence-corrected chi connectivity index (χ1v) is 8.76. The summed E-state index contributed by atoms with van der Waals surface area (Å²) >= 11 is 4.05. The van der Waals surface area contributed by atoms with Crippen molar-refractivity contribution in [3.8, 4) is 0 Å². The SMILES string of the molecule is CC(C)C[C@H](NC(=O)[C@H](CS)NC(=O)[C@@H](N)CCCCN)C(=O)O. The number of carbonyl (C=O) groups is 3. The van der Waals surface area contributed by atoms with E-state index in [-0.39, 0.29) is 11.7 Å². The van der Waals surface area contributed by atoms with Gasteiger partial charge in [0.2, 0.25) is 11.8 Å². The summed E-state index contributed by atoms with van der Waals surface area (Å²) in [5.74, 6) is -2.01. The Labute approximate surface area is 148 Å². The van der Waals surface area contributed by atoms with E-state index in [4.69, 9.17) is 16.6 Å². The molecular formula is C15H30N4O4S. The highest BCUT2D eigenvalue weighted by Crippen LogP contribution is 2.06. The second kappa shape index (κ2) is 12.1. The van der Waals surface area contributed by atoms with Crippen LogP contribution in [0.5, 0.6) is 0 Å². The fourth-order valence-electron chi connectivity index (χ4n) is 2.08. The third-order valence-electron chi connectivity index (χ3n) is 3.44. The second-order valence-electron chi connectivity index (χ2n) is 6.16. The Kier molecular flexibility index (Phi) is 11.4. The van der Waals surface area contributed by atoms with Crippen molar-refractivity contribution in [3.63, 3.8) is 0 Å². The van der Waals surface area contributed by atoms with E-state index in [2.05, 4.69) is 23.3 Å². The third kappa shape index (κ3) is 9.09. The van der Waals surface area contributed by atoms with E-state index in [0.717, 1.165) is 12.8 Å². The van der Waals surface area contributed by atoms with Gasteiger partial charge in [0.15, 0.2) is 0 Å². The van der Waals surface area contributed by atoms with Crippen LogP contribution in [0.25, 0.3) is 0 Å². The van der Waals surface area contributed by atoms with Crippen molar-refractivity contribution < 1.29 is 19.5 Å². The molecule has 0 aliphatic heterocycles. The number of nitrogens with one attached hydrogen (secondary N) is 2. The maximum atomic E-state index is 12.2. The van der Waals surface area contributed by atoms with Gasteiger partial charge in [-0.1, -0.05) is 20.3 Å².